The van der Waals surface area contributed by atoms with E-state index in [4.69, 9.17) is 4.74 Å². The molecule has 16 heavy (non-hydrogen) atoms. The van der Waals surface area contributed by atoms with Crippen molar-refractivity contribution in [3.05, 3.63) is 35.9 Å². The van der Waals surface area contributed by atoms with Crippen molar-refractivity contribution in [2.75, 3.05) is 0 Å². The van der Waals surface area contributed by atoms with Gasteiger partial charge in [0.25, 0.3) is 0 Å². The van der Waals surface area contributed by atoms with Gasteiger partial charge < -0.3 is 9.53 Å². The molecule has 0 fully saturated rings. The highest BCUT2D eigenvalue weighted by molar-refractivity contribution is 5.89. The van der Waals surface area contributed by atoms with Gasteiger partial charge in [-0.2, -0.15) is 0 Å². The van der Waals surface area contributed by atoms with E-state index in [2.05, 4.69) is 0 Å². The van der Waals surface area contributed by atoms with Gasteiger partial charge in [0.15, 0.2) is 0 Å². The van der Waals surface area contributed by atoms with E-state index in [9.17, 15) is 9.59 Å². The highest BCUT2D eigenvalue weighted by atomic mass is 16.5. The number of aldehydes is 1. The molecule has 0 spiro atoms. The summed E-state index contributed by atoms with van der Waals surface area (Å²) in [5, 5.41) is 0. The first-order valence-corrected chi connectivity index (χ1v) is 5.47. The van der Waals surface area contributed by atoms with Gasteiger partial charge in [-0.25, -0.2) is 4.79 Å². The van der Waals surface area contributed by atoms with Crippen LogP contribution < -0.4 is 0 Å². The average Bonchev–Trinajstić information content (AvgIpc) is 2.35. The molecular formula is C13H16O3. The van der Waals surface area contributed by atoms with Crippen molar-refractivity contribution in [1.29, 1.82) is 0 Å². The summed E-state index contributed by atoms with van der Waals surface area (Å²) in [6.45, 7) is 1.94. The van der Waals surface area contributed by atoms with E-state index in [0.29, 0.717) is 18.4 Å². The third kappa shape index (κ3) is 3.85. The van der Waals surface area contributed by atoms with Gasteiger partial charge in [-0.05, 0) is 25.0 Å². The number of carbonyl (C=O) groups is 2. The van der Waals surface area contributed by atoms with Crippen LogP contribution in [-0.4, -0.2) is 18.4 Å². The predicted molar refractivity (Wildman–Crippen MR) is 61.2 cm³/mol. The minimum absolute atomic E-state index is 0.169. The molecule has 0 amide bonds. The standard InChI is InChI=1S/C13H16O3/c1-2-12(9-6-10-14)16-13(15)11-7-4-3-5-8-11/h3-5,7-8,10,12H,2,6,9H2,1H3/t12-/m0/s1. The fourth-order valence-corrected chi connectivity index (χ4v) is 1.39. The lowest BCUT2D eigenvalue weighted by Gasteiger charge is -2.14. The lowest BCUT2D eigenvalue weighted by molar-refractivity contribution is -0.108. The van der Waals surface area contributed by atoms with Crippen LogP contribution in [0.1, 0.15) is 36.5 Å². The number of carbonyl (C=O) groups excluding carboxylic acids is 2. The largest absolute Gasteiger partial charge is 0.459 e. The number of benzene rings is 1. The van der Waals surface area contributed by atoms with Gasteiger partial charge in [0.1, 0.15) is 12.4 Å². The molecule has 86 valence electrons. The lowest BCUT2D eigenvalue weighted by atomic mass is 10.1. The molecule has 1 rings (SSSR count). The van der Waals surface area contributed by atoms with Gasteiger partial charge >= 0.3 is 5.97 Å². The van der Waals surface area contributed by atoms with E-state index in [1.54, 1.807) is 24.3 Å². The summed E-state index contributed by atoms with van der Waals surface area (Å²) < 4.78 is 5.29. The maximum Gasteiger partial charge on any atom is 0.338 e. The zero-order chi connectivity index (χ0) is 11.8. The van der Waals surface area contributed by atoms with Crippen LogP contribution in [0.5, 0.6) is 0 Å². The normalized spacial score (nSPS) is 11.8. The Balaban J connectivity index is 2.52. The number of rotatable bonds is 6. The topological polar surface area (TPSA) is 43.4 Å². The summed E-state index contributed by atoms with van der Waals surface area (Å²) in [5.74, 6) is -0.321. The summed E-state index contributed by atoms with van der Waals surface area (Å²) in [5.41, 5.74) is 0.548. The molecule has 1 atom stereocenters. The minimum Gasteiger partial charge on any atom is -0.459 e. The third-order valence-electron chi connectivity index (χ3n) is 2.35. The molecule has 3 heteroatoms. The van der Waals surface area contributed by atoms with Crippen LogP contribution in [0.4, 0.5) is 0 Å². The molecule has 0 aliphatic rings. The second-order valence-electron chi connectivity index (χ2n) is 3.55. The molecular weight excluding hydrogens is 204 g/mol. The Labute approximate surface area is 95.4 Å². The molecule has 0 heterocycles. The van der Waals surface area contributed by atoms with E-state index in [0.717, 1.165) is 12.7 Å². The van der Waals surface area contributed by atoms with Crippen molar-refractivity contribution in [3.63, 3.8) is 0 Å². The Kier molecular flexibility index (Phi) is 5.26. The van der Waals surface area contributed by atoms with E-state index in [1.165, 1.54) is 0 Å². The zero-order valence-electron chi connectivity index (χ0n) is 9.39. The highest BCUT2D eigenvalue weighted by Crippen LogP contribution is 2.10. The monoisotopic (exact) mass is 220 g/mol. The summed E-state index contributed by atoms with van der Waals surface area (Å²) in [6, 6.07) is 8.87. The maximum atomic E-state index is 11.7. The molecule has 0 aliphatic carbocycles. The second kappa shape index (κ2) is 6.77. The molecule has 0 aliphatic heterocycles. The highest BCUT2D eigenvalue weighted by Gasteiger charge is 2.13. The van der Waals surface area contributed by atoms with Crippen LogP contribution in [0, 0.1) is 0 Å². The fourth-order valence-electron chi connectivity index (χ4n) is 1.39. The molecule has 1 aromatic rings. The summed E-state index contributed by atoms with van der Waals surface area (Å²) >= 11 is 0. The quantitative estimate of drug-likeness (QED) is 0.546. The van der Waals surface area contributed by atoms with Crippen molar-refractivity contribution in [2.45, 2.75) is 32.3 Å². The van der Waals surface area contributed by atoms with E-state index in [-0.39, 0.29) is 12.1 Å². The number of hydrogen-bond acceptors (Lipinski definition) is 3. The van der Waals surface area contributed by atoms with Gasteiger partial charge in [0.2, 0.25) is 0 Å². The Morgan fingerprint density at radius 3 is 2.62 bits per heavy atom. The number of ether oxygens (including phenoxy) is 1. The van der Waals surface area contributed by atoms with Crippen LogP contribution in [0.3, 0.4) is 0 Å². The van der Waals surface area contributed by atoms with Gasteiger partial charge in [-0.15, -0.1) is 0 Å². The van der Waals surface area contributed by atoms with E-state index in [1.807, 2.05) is 13.0 Å². The first kappa shape index (κ1) is 12.4. The SMILES string of the molecule is CC[C@@H](CCC=O)OC(=O)c1ccccc1. The summed E-state index contributed by atoms with van der Waals surface area (Å²) in [6.07, 6.45) is 2.43. The summed E-state index contributed by atoms with van der Waals surface area (Å²) in [4.78, 5) is 21.9. The first-order chi connectivity index (χ1) is 7.77. The molecule has 0 aromatic heterocycles. The Bertz CT molecular complexity index is 332. The van der Waals surface area contributed by atoms with Gasteiger partial charge in [0.05, 0.1) is 5.56 Å². The fraction of sp³-hybridized carbons (Fsp3) is 0.385. The maximum absolute atomic E-state index is 11.7. The minimum atomic E-state index is -0.321. The van der Waals surface area contributed by atoms with Gasteiger partial charge in [0, 0.05) is 6.42 Å². The van der Waals surface area contributed by atoms with Crippen LogP contribution >= 0.6 is 0 Å². The smallest absolute Gasteiger partial charge is 0.338 e. The summed E-state index contributed by atoms with van der Waals surface area (Å²) in [7, 11) is 0. The molecule has 3 nitrogen and oxygen atoms in total. The molecule has 0 saturated heterocycles. The third-order valence-corrected chi connectivity index (χ3v) is 2.35. The van der Waals surface area contributed by atoms with Gasteiger partial charge in [-0.1, -0.05) is 25.1 Å². The first-order valence-electron chi connectivity index (χ1n) is 5.47. The van der Waals surface area contributed by atoms with Gasteiger partial charge in [-0.3, -0.25) is 0 Å². The molecule has 0 bridgehead atoms. The molecule has 0 N–H and O–H groups in total. The second-order valence-corrected chi connectivity index (χ2v) is 3.55. The lowest BCUT2D eigenvalue weighted by Crippen LogP contribution is -2.17. The molecule has 0 saturated carbocycles. The zero-order valence-corrected chi connectivity index (χ0v) is 9.39. The van der Waals surface area contributed by atoms with E-state index < -0.39 is 0 Å². The Hall–Kier alpha value is -1.64. The van der Waals surface area contributed by atoms with Crippen molar-refractivity contribution in [3.8, 4) is 0 Å². The molecule has 0 radical (unpaired) electrons. The number of esters is 1. The predicted octanol–water partition coefficient (Wildman–Crippen LogP) is 2.60. The Morgan fingerprint density at radius 1 is 1.38 bits per heavy atom. The van der Waals surface area contributed by atoms with Crippen LogP contribution in [0.25, 0.3) is 0 Å². The number of hydrogen-bond donors (Lipinski definition) is 0. The average molecular weight is 220 g/mol. The van der Waals surface area contributed by atoms with Crippen molar-refractivity contribution < 1.29 is 14.3 Å². The molecule has 1 aromatic carbocycles. The van der Waals surface area contributed by atoms with Crippen LogP contribution in [-0.2, 0) is 9.53 Å². The Morgan fingerprint density at radius 2 is 2.06 bits per heavy atom. The van der Waals surface area contributed by atoms with Crippen LogP contribution in [0.2, 0.25) is 0 Å². The van der Waals surface area contributed by atoms with Crippen LogP contribution in [0.15, 0.2) is 30.3 Å². The van der Waals surface area contributed by atoms with Crippen molar-refractivity contribution >= 4 is 12.3 Å². The molecule has 0 unspecified atom stereocenters. The van der Waals surface area contributed by atoms with E-state index >= 15 is 0 Å². The van der Waals surface area contributed by atoms with Crippen molar-refractivity contribution in [1.82, 2.24) is 0 Å². The van der Waals surface area contributed by atoms with Crippen molar-refractivity contribution in [2.24, 2.45) is 0 Å².